The van der Waals surface area contributed by atoms with Crippen LogP contribution in [0.3, 0.4) is 0 Å². The molecule has 2 aliphatic rings. The van der Waals surface area contributed by atoms with Crippen molar-refractivity contribution in [2.75, 3.05) is 32.7 Å². The summed E-state index contributed by atoms with van der Waals surface area (Å²) in [7, 11) is 0. The zero-order valence-corrected chi connectivity index (χ0v) is 12.3. The first-order chi connectivity index (χ1) is 8.75. The first-order valence-corrected chi connectivity index (χ1v) is 7.95. The summed E-state index contributed by atoms with van der Waals surface area (Å²) in [6, 6.07) is 0.787. The summed E-state index contributed by atoms with van der Waals surface area (Å²) in [4.78, 5) is 5.36. The molecule has 2 rings (SSSR count). The molecule has 0 bridgehead atoms. The van der Waals surface area contributed by atoms with E-state index in [2.05, 4.69) is 23.6 Å². The van der Waals surface area contributed by atoms with E-state index in [1.807, 2.05) is 0 Å². The summed E-state index contributed by atoms with van der Waals surface area (Å²) >= 11 is 0. The molecule has 18 heavy (non-hydrogen) atoms. The van der Waals surface area contributed by atoms with Crippen LogP contribution in [0.5, 0.6) is 0 Å². The minimum absolute atomic E-state index is 0.312. The quantitative estimate of drug-likeness (QED) is 0.832. The Bertz CT molecular complexity index is 246. The van der Waals surface area contributed by atoms with E-state index in [1.54, 1.807) is 0 Å². The highest BCUT2D eigenvalue weighted by Gasteiger charge is 2.41. The van der Waals surface area contributed by atoms with Crippen LogP contribution in [-0.2, 0) is 0 Å². The van der Waals surface area contributed by atoms with Crippen LogP contribution >= 0.6 is 0 Å². The summed E-state index contributed by atoms with van der Waals surface area (Å²) in [5, 5.41) is 0. The van der Waals surface area contributed by atoms with Crippen LogP contribution < -0.4 is 5.73 Å². The highest BCUT2D eigenvalue weighted by Crippen LogP contribution is 2.34. The van der Waals surface area contributed by atoms with Crippen LogP contribution in [0, 0.1) is 0 Å². The molecular weight excluding hydrogens is 222 g/mol. The van der Waals surface area contributed by atoms with Gasteiger partial charge in [-0.3, -0.25) is 4.90 Å². The minimum Gasteiger partial charge on any atom is -0.329 e. The van der Waals surface area contributed by atoms with Crippen molar-refractivity contribution in [1.29, 1.82) is 0 Å². The van der Waals surface area contributed by atoms with Gasteiger partial charge in [-0.15, -0.1) is 0 Å². The molecular formula is C15H31N3. The van der Waals surface area contributed by atoms with Gasteiger partial charge in [0, 0.05) is 18.1 Å². The molecule has 0 aromatic rings. The Hall–Kier alpha value is -0.120. The van der Waals surface area contributed by atoms with Gasteiger partial charge in [-0.25, -0.2) is 0 Å². The maximum absolute atomic E-state index is 6.21. The Kier molecular flexibility index (Phi) is 5.05. The maximum atomic E-state index is 6.21. The molecule has 0 aromatic carbocycles. The van der Waals surface area contributed by atoms with E-state index in [9.17, 15) is 0 Å². The van der Waals surface area contributed by atoms with E-state index in [1.165, 1.54) is 64.7 Å². The zero-order chi connectivity index (χ0) is 13.0. The van der Waals surface area contributed by atoms with Gasteiger partial charge in [-0.05, 0) is 58.3 Å². The van der Waals surface area contributed by atoms with Crippen molar-refractivity contribution in [2.45, 2.75) is 64.0 Å². The number of nitrogens with zero attached hydrogens (tertiary/aromatic N) is 2. The van der Waals surface area contributed by atoms with Crippen LogP contribution in [-0.4, -0.2) is 54.1 Å². The van der Waals surface area contributed by atoms with Gasteiger partial charge < -0.3 is 10.6 Å². The molecule has 0 aliphatic carbocycles. The maximum Gasteiger partial charge on any atom is 0.0358 e. The number of nitrogens with two attached hydrogens (primary N) is 1. The third kappa shape index (κ3) is 2.73. The highest BCUT2D eigenvalue weighted by atomic mass is 15.3. The van der Waals surface area contributed by atoms with Gasteiger partial charge in [0.25, 0.3) is 0 Å². The second kappa shape index (κ2) is 6.36. The fourth-order valence-corrected chi connectivity index (χ4v) is 3.94. The number of piperidine rings is 2. The monoisotopic (exact) mass is 253 g/mol. The summed E-state index contributed by atoms with van der Waals surface area (Å²) in [5.41, 5.74) is 6.52. The fraction of sp³-hybridized carbons (Fsp3) is 1.00. The second-order valence-corrected chi connectivity index (χ2v) is 6.11. The van der Waals surface area contributed by atoms with E-state index in [0.717, 1.165) is 12.6 Å². The normalized spacial score (nSPS) is 30.5. The standard InChI is InChI=1S/C15H31N3/c1-3-14-7-5-6-10-18(14)15(13-16)8-11-17(4-2)12-9-15/h14H,3-13,16H2,1-2H3. The van der Waals surface area contributed by atoms with Gasteiger partial charge in [0.2, 0.25) is 0 Å². The van der Waals surface area contributed by atoms with Crippen LogP contribution in [0.15, 0.2) is 0 Å². The van der Waals surface area contributed by atoms with Gasteiger partial charge in [0.05, 0.1) is 0 Å². The molecule has 2 heterocycles. The van der Waals surface area contributed by atoms with Gasteiger partial charge in [-0.2, -0.15) is 0 Å². The summed E-state index contributed by atoms with van der Waals surface area (Å²) in [6.07, 6.45) is 8.00. The summed E-state index contributed by atoms with van der Waals surface area (Å²) in [6.45, 7) is 10.4. The number of hydrogen-bond donors (Lipinski definition) is 1. The molecule has 1 atom stereocenters. The van der Waals surface area contributed by atoms with E-state index < -0.39 is 0 Å². The lowest BCUT2D eigenvalue weighted by Crippen LogP contribution is -2.63. The molecule has 1 unspecified atom stereocenters. The molecule has 2 aliphatic heterocycles. The van der Waals surface area contributed by atoms with E-state index >= 15 is 0 Å². The number of likely N-dealkylation sites (tertiary alicyclic amines) is 2. The van der Waals surface area contributed by atoms with Crippen molar-refractivity contribution in [3.63, 3.8) is 0 Å². The Balaban J connectivity index is 2.06. The largest absolute Gasteiger partial charge is 0.329 e. The van der Waals surface area contributed by atoms with Crippen LogP contribution in [0.4, 0.5) is 0 Å². The lowest BCUT2D eigenvalue weighted by atomic mass is 9.82. The Morgan fingerprint density at radius 3 is 2.39 bits per heavy atom. The SMILES string of the molecule is CCC1CCCCN1C1(CN)CCN(CC)CC1. The molecule has 2 fully saturated rings. The summed E-state index contributed by atoms with van der Waals surface area (Å²) < 4.78 is 0. The van der Waals surface area contributed by atoms with Crippen LogP contribution in [0.2, 0.25) is 0 Å². The molecule has 0 amide bonds. The van der Waals surface area contributed by atoms with Gasteiger partial charge in [0.1, 0.15) is 0 Å². The zero-order valence-electron chi connectivity index (χ0n) is 12.3. The Morgan fingerprint density at radius 1 is 1.11 bits per heavy atom. The van der Waals surface area contributed by atoms with Gasteiger partial charge in [0.15, 0.2) is 0 Å². The smallest absolute Gasteiger partial charge is 0.0358 e. The van der Waals surface area contributed by atoms with Crippen molar-refractivity contribution in [1.82, 2.24) is 9.80 Å². The molecule has 0 radical (unpaired) electrons. The lowest BCUT2D eigenvalue weighted by molar-refractivity contribution is -0.0207. The van der Waals surface area contributed by atoms with Crippen molar-refractivity contribution in [3.8, 4) is 0 Å². The molecule has 3 nitrogen and oxygen atoms in total. The first-order valence-electron chi connectivity index (χ1n) is 7.95. The van der Waals surface area contributed by atoms with Gasteiger partial charge in [-0.1, -0.05) is 20.3 Å². The minimum atomic E-state index is 0.312. The molecule has 106 valence electrons. The number of rotatable bonds is 4. The second-order valence-electron chi connectivity index (χ2n) is 6.11. The van der Waals surface area contributed by atoms with Crippen molar-refractivity contribution in [2.24, 2.45) is 5.73 Å². The van der Waals surface area contributed by atoms with Crippen LogP contribution in [0.1, 0.15) is 52.4 Å². The topological polar surface area (TPSA) is 32.5 Å². The average Bonchev–Trinajstić information content (AvgIpc) is 2.47. The molecule has 2 N–H and O–H groups in total. The fourth-order valence-electron chi connectivity index (χ4n) is 3.94. The predicted molar refractivity (Wildman–Crippen MR) is 77.8 cm³/mol. The van der Waals surface area contributed by atoms with E-state index in [4.69, 9.17) is 5.73 Å². The highest BCUT2D eigenvalue weighted by molar-refractivity contribution is 4.99. The molecule has 3 heteroatoms. The average molecular weight is 253 g/mol. The molecule has 0 spiro atoms. The number of hydrogen-bond acceptors (Lipinski definition) is 3. The Morgan fingerprint density at radius 2 is 1.83 bits per heavy atom. The van der Waals surface area contributed by atoms with E-state index in [-0.39, 0.29) is 0 Å². The van der Waals surface area contributed by atoms with Crippen molar-refractivity contribution >= 4 is 0 Å². The molecule has 0 aromatic heterocycles. The Labute approximate surface area is 113 Å². The first kappa shape index (κ1) is 14.3. The van der Waals surface area contributed by atoms with Crippen molar-refractivity contribution in [3.05, 3.63) is 0 Å². The summed E-state index contributed by atoms with van der Waals surface area (Å²) in [5.74, 6) is 0. The predicted octanol–water partition coefficient (Wildman–Crippen LogP) is 2.06. The lowest BCUT2D eigenvalue weighted by Gasteiger charge is -2.53. The van der Waals surface area contributed by atoms with Crippen molar-refractivity contribution < 1.29 is 0 Å². The third-order valence-corrected chi connectivity index (χ3v) is 5.32. The third-order valence-electron chi connectivity index (χ3n) is 5.32. The molecule has 2 saturated heterocycles. The molecule has 0 saturated carbocycles. The van der Waals surface area contributed by atoms with E-state index in [0.29, 0.717) is 5.54 Å². The van der Waals surface area contributed by atoms with Gasteiger partial charge >= 0.3 is 0 Å². The van der Waals surface area contributed by atoms with Crippen LogP contribution in [0.25, 0.3) is 0 Å².